The Morgan fingerprint density at radius 2 is 2.10 bits per heavy atom. The van der Waals surface area contributed by atoms with Crippen LogP contribution in [0.1, 0.15) is 32.8 Å². The summed E-state index contributed by atoms with van der Waals surface area (Å²) in [5.41, 5.74) is 0.997. The van der Waals surface area contributed by atoms with E-state index in [1.807, 2.05) is 13.0 Å². The number of sulfonamides is 1. The molecule has 0 radical (unpaired) electrons. The molecule has 0 bridgehead atoms. The number of nitrogens with one attached hydrogen (secondary N) is 1. The first-order chi connectivity index (χ1) is 9.95. The molecule has 1 saturated heterocycles. The van der Waals surface area contributed by atoms with Crippen LogP contribution in [0.2, 0.25) is 0 Å². The standard InChI is InChI=1S/C15H25N3O2S/c1-4-16-9-14-5-6-15(17-10-14)21(19,20)18-8-7-12(2)13(3)11-18/h5-6,10,12-13,16H,4,7-9,11H2,1-3H3. The molecule has 0 saturated carbocycles. The van der Waals surface area contributed by atoms with Crippen LogP contribution in [0.3, 0.4) is 0 Å². The van der Waals surface area contributed by atoms with Crippen LogP contribution in [0, 0.1) is 11.8 Å². The van der Waals surface area contributed by atoms with Crippen LogP contribution in [0.5, 0.6) is 0 Å². The SMILES string of the molecule is CCNCc1ccc(S(=O)(=O)N2CCC(C)C(C)C2)nc1. The molecule has 1 aliphatic rings. The lowest BCUT2D eigenvalue weighted by Gasteiger charge is -2.34. The smallest absolute Gasteiger partial charge is 0.260 e. The summed E-state index contributed by atoms with van der Waals surface area (Å²) >= 11 is 0. The molecule has 2 unspecified atom stereocenters. The Labute approximate surface area is 127 Å². The van der Waals surface area contributed by atoms with E-state index in [1.54, 1.807) is 16.6 Å². The van der Waals surface area contributed by atoms with Gasteiger partial charge in [0.2, 0.25) is 0 Å². The van der Waals surface area contributed by atoms with Gasteiger partial charge in [-0.15, -0.1) is 0 Å². The Balaban J connectivity index is 2.12. The fraction of sp³-hybridized carbons (Fsp3) is 0.667. The maximum absolute atomic E-state index is 12.6. The molecule has 0 spiro atoms. The first kappa shape index (κ1) is 16.4. The molecule has 21 heavy (non-hydrogen) atoms. The van der Waals surface area contributed by atoms with Crippen LogP contribution in [0.4, 0.5) is 0 Å². The van der Waals surface area contributed by atoms with Crippen LogP contribution in [-0.4, -0.2) is 37.3 Å². The van der Waals surface area contributed by atoms with Crippen LogP contribution in [0.15, 0.2) is 23.4 Å². The van der Waals surface area contributed by atoms with E-state index in [-0.39, 0.29) is 5.03 Å². The second-order valence-electron chi connectivity index (χ2n) is 5.89. The number of rotatable bonds is 5. The summed E-state index contributed by atoms with van der Waals surface area (Å²) in [6.45, 7) is 9.09. The highest BCUT2D eigenvalue weighted by Crippen LogP contribution is 2.26. The van der Waals surface area contributed by atoms with E-state index < -0.39 is 10.0 Å². The van der Waals surface area contributed by atoms with E-state index >= 15 is 0 Å². The summed E-state index contributed by atoms with van der Waals surface area (Å²) in [6.07, 6.45) is 2.56. The van der Waals surface area contributed by atoms with Gasteiger partial charge in [-0.1, -0.05) is 26.8 Å². The predicted octanol–water partition coefficient (Wildman–Crippen LogP) is 1.86. The summed E-state index contributed by atoms with van der Waals surface area (Å²) in [4.78, 5) is 4.15. The minimum atomic E-state index is -3.45. The zero-order chi connectivity index (χ0) is 15.5. The van der Waals surface area contributed by atoms with Crippen molar-refractivity contribution >= 4 is 10.0 Å². The lowest BCUT2D eigenvalue weighted by molar-refractivity contribution is 0.212. The summed E-state index contributed by atoms with van der Waals surface area (Å²) in [5.74, 6) is 0.966. The Morgan fingerprint density at radius 3 is 2.67 bits per heavy atom. The van der Waals surface area contributed by atoms with Crippen molar-refractivity contribution in [3.05, 3.63) is 23.9 Å². The summed E-state index contributed by atoms with van der Waals surface area (Å²) in [5, 5.41) is 3.35. The molecule has 2 atom stereocenters. The summed E-state index contributed by atoms with van der Waals surface area (Å²) < 4.78 is 26.8. The fourth-order valence-electron chi connectivity index (χ4n) is 2.51. The number of hydrogen-bond donors (Lipinski definition) is 1. The Morgan fingerprint density at radius 1 is 1.33 bits per heavy atom. The molecule has 6 heteroatoms. The zero-order valence-corrected chi connectivity index (χ0v) is 13.9. The molecule has 1 aliphatic heterocycles. The van der Waals surface area contributed by atoms with E-state index in [9.17, 15) is 8.42 Å². The average molecular weight is 311 g/mol. The van der Waals surface area contributed by atoms with Gasteiger partial charge in [-0.25, -0.2) is 13.4 Å². The van der Waals surface area contributed by atoms with Crippen molar-refractivity contribution in [2.75, 3.05) is 19.6 Å². The third-order valence-corrected chi connectivity index (χ3v) is 6.06. The minimum Gasteiger partial charge on any atom is -0.313 e. The van der Waals surface area contributed by atoms with Crippen LogP contribution in [0.25, 0.3) is 0 Å². The molecular formula is C15H25N3O2S. The zero-order valence-electron chi connectivity index (χ0n) is 13.0. The fourth-order valence-corrected chi connectivity index (χ4v) is 3.98. The molecule has 5 nitrogen and oxygen atoms in total. The van der Waals surface area contributed by atoms with E-state index in [1.165, 1.54) is 0 Å². The molecule has 2 heterocycles. The number of nitrogens with zero attached hydrogens (tertiary/aromatic N) is 2. The number of pyridine rings is 1. The highest BCUT2D eigenvalue weighted by atomic mass is 32.2. The number of piperidine rings is 1. The number of hydrogen-bond acceptors (Lipinski definition) is 4. The van der Waals surface area contributed by atoms with Crippen LogP contribution < -0.4 is 5.32 Å². The monoisotopic (exact) mass is 311 g/mol. The van der Waals surface area contributed by atoms with Gasteiger partial charge >= 0.3 is 0 Å². The van der Waals surface area contributed by atoms with Crippen molar-refractivity contribution < 1.29 is 8.42 Å². The molecule has 0 aromatic carbocycles. The topological polar surface area (TPSA) is 62.3 Å². The predicted molar refractivity (Wildman–Crippen MR) is 83.3 cm³/mol. The first-order valence-corrected chi connectivity index (χ1v) is 9.05. The number of aromatic nitrogens is 1. The molecule has 1 fully saturated rings. The van der Waals surface area contributed by atoms with Gasteiger partial charge in [-0.2, -0.15) is 4.31 Å². The third-order valence-electron chi connectivity index (χ3n) is 4.28. The molecule has 1 aromatic heterocycles. The van der Waals surface area contributed by atoms with Crippen molar-refractivity contribution in [3.63, 3.8) is 0 Å². The quantitative estimate of drug-likeness (QED) is 0.901. The molecular weight excluding hydrogens is 286 g/mol. The summed E-state index contributed by atoms with van der Waals surface area (Å²) in [7, 11) is -3.45. The van der Waals surface area contributed by atoms with Gasteiger partial charge in [0.15, 0.2) is 5.03 Å². The van der Waals surface area contributed by atoms with Gasteiger partial charge < -0.3 is 5.32 Å². The second-order valence-corrected chi connectivity index (χ2v) is 7.78. The van der Waals surface area contributed by atoms with Gasteiger partial charge in [0, 0.05) is 25.8 Å². The molecule has 1 aromatic rings. The van der Waals surface area contributed by atoms with Crippen LogP contribution in [-0.2, 0) is 16.6 Å². The van der Waals surface area contributed by atoms with E-state index in [0.29, 0.717) is 31.5 Å². The largest absolute Gasteiger partial charge is 0.313 e. The Kier molecular flexibility index (Phi) is 5.35. The van der Waals surface area contributed by atoms with E-state index in [4.69, 9.17) is 0 Å². The van der Waals surface area contributed by atoms with Gasteiger partial charge in [0.05, 0.1) is 0 Å². The molecule has 2 rings (SSSR count). The van der Waals surface area contributed by atoms with Gasteiger partial charge in [-0.3, -0.25) is 0 Å². The normalized spacial score (nSPS) is 24.1. The molecule has 118 valence electrons. The Hall–Kier alpha value is -0.980. The third kappa shape index (κ3) is 3.81. The lowest BCUT2D eigenvalue weighted by atomic mass is 9.90. The van der Waals surface area contributed by atoms with Gasteiger partial charge in [0.1, 0.15) is 0 Å². The maximum atomic E-state index is 12.6. The lowest BCUT2D eigenvalue weighted by Crippen LogP contribution is -2.42. The second kappa shape index (κ2) is 6.85. The van der Waals surface area contributed by atoms with Gasteiger partial charge in [-0.05, 0) is 36.4 Å². The van der Waals surface area contributed by atoms with E-state index in [2.05, 4.69) is 24.1 Å². The maximum Gasteiger partial charge on any atom is 0.260 e. The van der Waals surface area contributed by atoms with Gasteiger partial charge in [0.25, 0.3) is 10.0 Å². The molecule has 0 amide bonds. The highest BCUT2D eigenvalue weighted by Gasteiger charge is 2.32. The average Bonchev–Trinajstić information content (AvgIpc) is 2.48. The summed E-state index contributed by atoms with van der Waals surface area (Å²) in [6, 6.07) is 3.45. The van der Waals surface area contributed by atoms with Crippen molar-refractivity contribution in [2.45, 2.75) is 38.8 Å². The molecule has 0 aliphatic carbocycles. The van der Waals surface area contributed by atoms with Crippen molar-refractivity contribution in [3.8, 4) is 0 Å². The minimum absolute atomic E-state index is 0.157. The molecule has 1 N–H and O–H groups in total. The Bertz CT molecular complexity index is 557. The van der Waals surface area contributed by atoms with E-state index in [0.717, 1.165) is 18.5 Å². The van der Waals surface area contributed by atoms with Crippen molar-refractivity contribution in [1.82, 2.24) is 14.6 Å². The van der Waals surface area contributed by atoms with Crippen molar-refractivity contribution in [1.29, 1.82) is 0 Å². The van der Waals surface area contributed by atoms with Crippen molar-refractivity contribution in [2.24, 2.45) is 11.8 Å². The first-order valence-electron chi connectivity index (χ1n) is 7.61. The van der Waals surface area contributed by atoms with Crippen LogP contribution >= 0.6 is 0 Å². The highest BCUT2D eigenvalue weighted by molar-refractivity contribution is 7.89.